The summed E-state index contributed by atoms with van der Waals surface area (Å²) in [5.41, 5.74) is 2.62. The molecule has 4 heteroatoms. The zero-order valence-corrected chi connectivity index (χ0v) is 11.9. The number of halogens is 1. The summed E-state index contributed by atoms with van der Waals surface area (Å²) in [7, 11) is 0. The van der Waals surface area contributed by atoms with Crippen molar-refractivity contribution in [3.63, 3.8) is 0 Å². The molecule has 19 heavy (non-hydrogen) atoms. The molecular formula is C15H17ClN2O. The minimum atomic E-state index is 0.0939. The zero-order valence-electron chi connectivity index (χ0n) is 11.2. The Morgan fingerprint density at radius 3 is 2.53 bits per heavy atom. The Hall–Kier alpha value is -1.61. The highest BCUT2D eigenvalue weighted by Gasteiger charge is 2.14. The number of aryl methyl sites for hydroxylation is 2. The number of hydrogen-bond acceptors (Lipinski definition) is 2. The van der Waals surface area contributed by atoms with Crippen LogP contribution in [0.2, 0.25) is 5.02 Å². The van der Waals surface area contributed by atoms with Crippen molar-refractivity contribution >= 4 is 17.4 Å². The van der Waals surface area contributed by atoms with Gasteiger partial charge in [-0.05, 0) is 37.1 Å². The van der Waals surface area contributed by atoms with Gasteiger partial charge in [0.1, 0.15) is 5.69 Å². The molecule has 0 aliphatic heterocycles. The van der Waals surface area contributed by atoms with Crippen LogP contribution in [0.15, 0.2) is 30.3 Å². The largest absolute Gasteiger partial charge is 0.292 e. The number of benzene rings is 1. The molecule has 2 rings (SSSR count). The summed E-state index contributed by atoms with van der Waals surface area (Å²) in [4.78, 5) is 12.3. The molecule has 3 nitrogen and oxygen atoms in total. The normalized spacial score (nSPS) is 10.7. The number of nitrogens with zero attached hydrogens (tertiary/aromatic N) is 2. The average molecular weight is 277 g/mol. The number of rotatable bonds is 5. The van der Waals surface area contributed by atoms with E-state index >= 15 is 0 Å². The van der Waals surface area contributed by atoms with E-state index in [9.17, 15) is 4.79 Å². The van der Waals surface area contributed by atoms with E-state index in [1.807, 2.05) is 32.0 Å². The fraction of sp³-hybridized carbons (Fsp3) is 0.333. The molecule has 1 heterocycles. The predicted molar refractivity (Wildman–Crippen MR) is 76.8 cm³/mol. The number of ketones is 1. The Kier molecular flexibility index (Phi) is 4.38. The van der Waals surface area contributed by atoms with Gasteiger partial charge < -0.3 is 0 Å². The zero-order chi connectivity index (χ0) is 13.8. The second-order valence-corrected chi connectivity index (χ2v) is 4.85. The van der Waals surface area contributed by atoms with E-state index in [0.717, 1.165) is 17.7 Å². The van der Waals surface area contributed by atoms with Gasteiger partial charge in [-0.3, -0.25) is 9.48 Å². The molecule has 0 amide bonds. The van der Waals surface area contributed by atoms with Crippen LogP contribution in [0.5, 0.6) is 0 Å². The van der Waals surface area contributed by atoms with Crippen molar-refractivity contribution in [1.82, 2.24) is 9.78 Å². The van der Waals surface area contributed by atoms with Gasteiger partial charge in [-0.2, -0.15) is 5.10 Å². The van der Waals surface area contributed by atoms with Gasteiger partial charge in [0.2, 0.25) is 0 Å². The lowest BCUT2D eigenvalue weighted by Gasteiger charge is -2.04. The van der Waals surface area contributed by atoms with Gasteiger partial charge in [-0.15, -0.1) is 0 Å². The number of aromatic nitrogens is 2. The predicted octanol–water partition coefficient (Wildman–Crippen LogP) is 3.54. The number of Topliss-reactive ketones (excluding diaryl/α,β-unsaturated/α-hetero) is 1. The maximum atomic E-state index is 12.3. The summed E-state index contributed by atoms with van der Waals surface area (Å²) in [6, 6.07) is 9.26. The third kappa shape index (κ3) is 3.24. The van der Waals surface area contributed by atoms with E-state index in [4.69, 9.17) is 11.6 Å². The second kappa shape index (κ2) is 6.02. The van der Waals surface area contributed by atoms with Gasteiger partial charge in [-0.25, -0.2) is 0 Å². The van der Waals surface area contributed by atoms with Crippen molar-refractivity contribution in [2.75, 3.05) is 0 Å². The number of carbonyl (C=O) groups excluding carboxylic acids is 1. The van der Waals surface area contributed by atoms with Crippen molar-refractivity contribution in [2.45, 2.75) is 33.2 Å². The van der Waals surface area contributed by atoms with Gasteiger partial charge in [0.25, 0.3) is 0 Å². The van der Waals surface area contributed by atoms with Crippen molar-refractivity contribution in [2.24, 2.45) is 0 Å². The summed E-state index contributed by atoms with van der Waals surface area (Å²) in [6.45, 7) is 4.74. The SMILES string of the molecule is CCc1cc(C(=O)Cc2ccc(Cl)cc2)n(CC)n1. The Labute approximate surface area is 118 Å². The molecule has 0 radical (unpaired) electrons. The molecule has 1 aromatic heterocycles. The minimum Gasteiger partial charge on any atom is -0.292 e. The lowest BCUT2D eigenvalue weighted by molar-refractivity contribution is 0.0983. The van der Waals surface area contributed by atoms with Gasteiger partial charge in [-0.1, -0.05) is 30.7 Å². The highest BCUT2D eigenvalue weighted by atomic mass is 35.5. The summed E-state index contributed by atoms with van der Waals surface area (Å²) in [6.07, 6.45) is 1.22. The molecule has 0 N–H and O–H groups in total. The number of hydrogen-bond donors (Lipinski definition) is 0. The lowest BCUT2D eigenvalue weighted by atomic mass is 10.1. The van der Waals surface area contributed by atoms with Crippen molar-refractivity contribution in [3.05, 3.63) is 52.3 Å². The van der Waals surface area contributed by atoms with Crippen molar-refractivity contribution < 1.29 is 4.79 Å². The first-order valence-electron chi connectivity index (χ1n) is 6.48. The maximum absolute atomic E-state index is 12.3. The molecule has 0 unspecified atom stereocenters. The molecule has 0 spiro atoms. The highest BCUT2D eigenvalue weighted by molar-refractivity contribution is 6.30. The first-order valence-corrected chi connectivity index (χ1v) is 6.86. The van der Waals surface area contributed by atoms with Crippen LogP contribution in [0.25, 0.3) is 0 Å². The number of carbonyl (C=O) groups is 1. The van der Waals surface area contributed by atoms with Crippen LogP contribution in [0, 0.1) is 0 Å². The Balaban J connectivity index is 2.19. The Morgan fingerprint density at radius 2 is 1.95 bits per heavy atom. The molecule has 1 aromatic carbocycles. The molecule has 0 saturated carbocycles. The van der Waals surface area contributed by atoms with Gasteiger partial charge in [0.05, 0.1) is 5.69 Å². The summed E-state index contributed by atoms with van der Waals surface area (Å²) >= 11 is 5.84. The van der Waals surface area contributed by atoms with Gasteiger partial charge in [0, 0.05) is 18.0 Å². The summed E-state index contributed by atoms with van der Waals surface area (Å²) < 4.78 is 1.77. The van der Waals surface area contributed by atoms with E-state index in [-0.39, 0.29) is 5.78 Å². The van der Waals surface area contributed by atoms with Crippen LogP contribution in [0.1, 0.15) is 35.6 Å². The fourth-order valence-corrected chi connectivity index (χ4v) is 2.11. The fourth-order valence-electron chi connectivity index (χ4n) is 1.99. The van der Waals surface area contributed by atoms with E-state index in [1.54, 1.807) is 16.8 Å². The molecule has 0 saturated heterocycles. The van der Waals surface area contributed by atoms with Crippen LogP contribution in [0.3, 0.4) is 0 Å². The van der Waals surface area contributed by atoms with Gasteiger partial charge >= 0.3 is 0 Å². The highest BCUT2D eigenvalue weighted by Crippen LogP contribution is 2.13. The Bertz CT molecular complexity index is 572. The average Bonchev–Trinajstić information content (AvgIpc) is 2.85. The van der Waals surface area contributed by atoms with Crippen LogP contribution < -0.4 is 0 Å². The maximum Gasteiger partial charge on any atom is 0.185 e. The molecule has 0 aliphatic rings. The molecule has 100 valence electrons. The van der Waals surface area contributed by atoms with Crippen molar-refractivity contribution in [3.8, 4) is 0 Å². The summed E-state index contributed by atoms with van der Waals surface area (Å²) in [5.74, 6) is 0.0939. The van der Waals surface area contributed by atoms with Crippen molar-refractivity contribution in [1.29, 1.82) is 0 Å². The van der Waals surface area contributed by atoms with Crippen LogP contribution in [-0.2, 0) is 19.4 Å². The van der Waals surface area contributed by atoms with E-state index in [0.29, 0.717) is 23.7 Å². The molecule has 0 aliphatic carbocycles. The second-order valence-electron chi connectivity index (χ2n) is 4.42. The summed E-state index contributed by atoms with van der Waals surface area (Å²) in [5, 5.41) is 5.08. The molecule has 0 atom stereocenters. The topological polar surface area (TPSA) is 34.9 Å². The first-order chi connectivity index (χ1) is 9.13. The minimum absolute atomic E-state index is 0.0939. The third-order valence-corrected chi connectivity index (χ3v) is 3.31. The van der Waals surface area contributed by atoms with Gasteiger partial charge in [0.15, 0.2) is 5.78 Å². The van der Waals surface area contributed by atoms with E-state index < -0.39 is 0 Å². The standard InChI is InChI=1S/C15H17ClN2O/c1-3-13-10-14(18(4-2)17-13)15(19)9-11-5-7-12(16)8-6-11/h5-8,10H,3-4,9H2,1-2H3. The lowest BCUT2D eigenvalue weighted by Crippen LogP contribution is -2.11. The van der Waals surface area contributed by atoms with E-state index in [2.05, 4.69) is 5.10 Å². The monoisotopic (exact) mass is 276 g/mol. The van der Waals surface area contributed by atoms with Crippen LogP contribution >= 0.6 is 11.6 Å². The third-order valence-electron chi connectivity index (χ3n) is 3.06. The molecular weight excluding hydrogens is 260 g/mol. The quantitative estimate of drug-likeness (QED) is 0.783. The Morgan fingerprint density at radius 1 is 1.26 bits per heavy atom. The van der Waals surface area contributed by atoms with Crippen LogP contribution in [-0.4, -0.2) is 15.6 Å². The first kappa shape index (κ1) is 13.8. The molecule has 0 bridgehead atoms. The smallest absolute Gasteiger partial charge is 0.185 e. The molecule has 0 fully saturated rings. The molecule has 2 aromatic rings. The van der Waals surface area contributed by atoms with E-state index in [1.165, 1.54) is 0 Å². The van der Waals surface area contributed by atoms with Crippen LogP contribution in [0.4, 0.5) is 0 Å².